The quantitative estimate of drug-likeness (QED) is 0.836. The van der Waals surface area contributed by atoms with Gasteiger partial charge in [0, 0.05) is 25.6 Å². The Bertz CT molecular complexity index is 762. The average Bonchev–Trinajstić information content (AvgIpc) is 2.51. The van der Waals surface area contributed by atoms with E-state index in [0.717, 1.165) is 11.3 Å². The third-order valence-corrected chi connectivity index (χ3v) is 4.28. The number of hydrogen-bond donors (Lipinski definition) is 1. The summed E-state index contributed by atoms with van der Waals surface area (Å²) < 4.78 is 0. The van der Waals surface area contributed by atoms with Crippen LogP contribution in [0.5, 0.6) is 0 Å². The minimum absolute atomic E-state index is 0.149. The molecule has 0 saturated heterocycles. The molecule has 0 heterocycles. The highest BCUT2D eigenvalue weighted by atomic mass is 35.5. The first-order chi connectivity index (χ1) is 11.4. The van der Waals surface area contributed by atoms with Gasteiger partial charge in [0.1, 0.15) is 0 Å². The molecule has 0 fully saturated rings. The van der Waals surface area contributed by atoms with E-state index in [0.29, 0.717) is 15.7 Å². The zero-order valence-electron chi connectivity index (χ0n) is 13.5. The van der Waals surface area contributed by atoms with Gasteiger partial charge < -0.3 is 10.2 Å². The molecule has 0 atom stereocenters. The second-order valence-corrected chi connectivity index (χ2v) is 6.20. The molecule has 0 unspecified atom stereocenters. The van der Waals surface area contributed by atoms with Crippen LogP contribution < -0.4 is 10.2 Å². The van der Waals surface area contributed by atoms with Crippen LogP contribution in [0.4, 0.5) is 11.4 Å². The maximum absolute atomic E-state index is 12.1. The molecule has 0 spiro atoms. The van der Waals surface area contributed by atoms with Crippen LogP contribution in [-0.4, -0.2) is 18.4 Å². The van der Waals surface area contributed by atoms with Crippen molar-refractivity contribution in [1.82, 2.24) is 0 Å². The van der Waals surface area contributed by atoms with Crippen molar-refractivity contribution in [2.75, 3.05) is 16.8 Å². The highest BCUT2D eigenvalue weighted by molar-refractivity contribution is 6.44. The van der Waals surface area contributed by atoms with E-state index in [1.807, 2.05) is 31.2 Å². The van der Waals surface area contributed by atoms with Crippen LogP contribution in [0.25, 0.3) is 0 Å². The van der Waals surface area contributed by atoms with E-state index in [4.69, 9.17) is 23.2 Å². The molecule has 0 aliphatic heterocycles. The Hall–Kier alpha value is -2.04. The lowest BCUT2D eigenvalue weighted by atomic mass is 10.2. The third kappa shape index (κ3) is 4.73. The molecule has 4 nitrogen and oxygen atoms in total. The first kappa shape index (κ1) is 18.3. The van der Waals surface area contributed by atoms with E-state index in [1.54, 1.807) is 18.2 Å². The Kier molecular flexibility index (Phi) is 6.23. The summed E-state index contributed by atoms with van der Waals surface area (Å²) in [4.78, 5) is 25.5. The van der Waals surface area contributed by atoms with Crippen molar-refractivity contribution >= 4 is 46.4 Å². The second kappa shape index (κ2) is 8.18. The number of anilines is 2. The lowest BCUT2D eigenvalue weighted by molar-refractivity contribution is -0.117. The van der Waals surface area contributed by atoms with Gasteiger partial charge in [-0.05, 0) is 36.8 Å². The summed E-state index contributed by atoms with van der Waals surface area (Å²) in [5.41, 5.74) is 2.29. The Labute approximate surface area is 151 Å². The van der Waals surface area contributed by atoms with Gasteiger partial charge in [0.2, 0.25) is 11.8 Å². The standard InChI is InChI=1S/C18H18Cl2N2O2/c1-12-5-3-6-14(11-12)21-17(24)9-10-22(13(2)23)16-8-4-7-15(19)18(16)20/h3-8,11H,9-10H2,1-2H3,(H,21,24). The highest BCUT2D eigenvalue weighted by Gasteiger charge is 2.17. The van der Waals surface area contributed by atoms with Gasteiger partial charge in [-0.1, -0.05) is 41.4 Å². The van der Waals surface area contributed by atoms with E-state index in [2.05, 4.69) is 5.32 Å². The normalized spacial score (nSPS) is 10.3. The number of nitrogens with one attached hydrogen (secondary N) is 1. The van der Waals surface area contributed by atoms with E-state index >= 15 is 0 Å². The lowest BCUT2D eigenvalue weighted by Crippen LogP contribution is -2.32. The molecule has 6 heteroatoms. The Morgan fingerprint density at radius 3 is 2.50 bits per heavy atom. The van der Waals surface area contributed by atoms with Gasteiger partial charge in [-0.3, -0.25) is 9.59 Å². The number of benzene rings is 2. The number of amides is 2. The van der Waals surface area contributed by atoms with E-state index < -0.39 is 0 Å². The van der Waals surface area contributed by atoms with Crippen molar-refractivity contribution in [3.05, 3.63) is 58.1 Å². The van der Waals surface area contributed by atoms with Crippen LogP contribution in [0.3, 0.4) is 0 Å². The fourth-order valence-electron chi connectivity index (χ4n) is 2.31. The molecule has 126 valence electrons. The summed E-state index contributed by atoms with van der Waals surface area (Å²) in [6.07, 6.45) is 0.149. The van der Waals surface area contributed by atoms with Crippen molar-refractivity contribution < 1.29 is 9.59 Å². The van der Waals surface area contributed by atoms with Gasteiger partial charge in [0.05, 0.1) is 15.7 Å². The summed E-state index contributed by atoms with van der Waals surface area (Å²) in [5, 5.41) is 3.48. The van der Waals surface area contributed by atoms with Crippen molar-refractivity contribution in [3.8, 4) is 0 Å². The fourth-order valence-corrected chi connectivity index (χ4v) is 2.71. The van der Waals surface area contributed by atoms with E-state index in [9.17, 15) is 9.59 Å². The summed E-state index contributed by atoms with van der Waals surface area (Å²) in [6, 6.07) is 12.6. The maximum Gasteiger partial charge on any atom is 0.226 e. The highest BCUT2D eigenvalue weighted by Crippen LogP contribution is 2.32. The number of nitrogens with zero attached hydrogens (tertiary/aromatic N) is 1. The second-order valence-electron chi connectivity index (χ2n) is 5.41. The van der Waals surface area contributed by atoms with Crippen LogP contribution in [0.1, 0.15) is 18.9 Å². The third-order valence-electron chi connectivity index (χ3n) is 3.47. The van der Waals surface area contributed by atoms with Crippen molar-refractivity contribution in [2.45, 2.75) is 20.3 Å². The molecule has 2 aromatic rings. The number of hydrogen-bond acceptors (Lipinski definition) is 2. The topological polar surface area (TPSA) is 49.4 Å². The van der Waals surface area contributed by atoms with Crippen molar-refractivity contribution in [1.29, 1.82) is 0 Å². The molecule has 1 N–H and O–H groups in total. The van der Waals surface area contributed by atoms with E-state index in [-0.39, 0.29) is 24.8 Å². The number of carbonyl (C=O) groups is 2. The zero-order chi connectivity index (χ0) is 17.7. The molecule has 2 aromatic carbocycles. The monoisotopic (exact) mass is 364 g/mol. The van der Waals surface area contributed by atoms with Crippen LogP contribution >= 0.6 is 23.2 Å². The molecule has 2 amide bonds. The van der Waals surface area contributed by atoms with E-state index in [1.165, 1.54) is 11.8 Å². The number of rotatable bonds is 5. The SMILES string of the molecule is CC(=O)N(CCC(=O)Nc1cccc(C)c1)c1cccc(Cl)c1Cl. The van der Waals surface area contributed by atoms with Crippen LogP contribution in [0.2, 0.25) is 10.0 Å². The molecular formula is C18H18Cl2N2O2. The minimum atomic E-state index is -0.206. The lowest BCUT2D eigenvalue weighted by Gasteiger charge is -2.22. The smallest absolute Gasteiger partial charge is 0.226 e. The fraction of sp³-hybridized carbons (Fsp3) is 0.222. The minimum Gasteiger partial charge on any atom is -0.326 e. The maximum atomic E-state index is 12.1. The molecule has 2 rings (SSSR count). The first-order valence-electron chi connectivity index (χ1n) is 7.47. The van der Waals surface area contributed by atoms with Gasteiger partial charge in [-0.15, -0.1) is 0 Å². The molecule has 0 aliphatic rings. The van der Waals surface area contributed by atoms with Gasteiger partial charge in [0.15, 0.2) is 0 Å². The Morgan fingerprint density at radius 2 is 1.83 bits per heavy atom. The summed E-state index contributed by atoms with van der Waals surface area (Å²) in [6.45, 7) is 3.59. The Morgan fingerprint density at radius 1 is 1.12 bits per heavy atom. The first-order valence-corrected chi connectivity index (χ1v) is 8.22. The van der Waals surface area contributed by atoms with Crippen molar-refractivity contribution in [3.63, 3.8) is 0 Å². The molecule has 0 aliphatic carbocycles. The number of halogens is 2. The molecule has 24 heavy (non-hydrogen) atoms. The molecule has 0 saturated carbocycles. The predicted octanol–water partition coefficient (Wildman–Crippen LogP) is 4.68. The van der Waals surface area contributed by atoms with Crippen LogP contribution in [0, 0.1) is 6.92 Å². The van der Waals surface area contributed by atoms with Gasteiger partial charge in [-0.2, -0.15) is 0 Å². The molecular weight excluding hydrogens is 347 g/mol. The van der Waals surface area contributed by atoms with Gasteiger partial charge in [-0.25, -0.2) is 0 Å². The predicted molar refractivity (Wildman–Crippen MR) is 98.9 cm³/mol. The average molecular weight is 365 g/mol. The number of aryl methyl sites for hydroxylation is 1. The van der Waals surface area contributed by atoms with Crippen molar-refractivity contribution in [2.24, 2.45) is 0 Å². The Balaban J connectivity index is 2.05. The summed E-state index contributed by atoms with van der Waals surface area (Å²) in [5.74, 6) is -0.382. The number of carbonyl (C=O) groups excluding carboxylic acids is 2. The van der Waals surface area contributed by atoms with Gasteiger partial charge >= 0.3 is 0 Å². The molecule has 0 aromatic heterocycles. The molecule has 0 radical (unpaired) electrons. The summed E-state index contributed by atoms with van der Waals surface area (Å²) >= 11 is 12.2. The molecule has 0 bridgehead atoms. The van der Waals surface area contributed by atoms with Gasteiger partial charge in [0.25, 0.3) is 0 Å². The summed E-state index contributed by atoms with van der Waals surface area (Å²) in [7, 11) is 0. The largest absolute Gasteiger partial charge is 0.326 e. The van der Waals surface area contributed by atoms with Crippen LogP contribution in [-0.2, 0) is 9.59 Å². The van der Waals surface area contributed by atoms with Crippen LogP contribution in [0.15, 0.2) is 42.5 Å². The zero-order valence-corrected chi connectivity index (χ0v) is 15.0.